The lowest BCUT2D eigenvalue weighted by molar-refractivity contribution is -0.183. The van der Waals surface area contributed by atoms with E-state index >= 15 is 0 Å². The van der Waals surface area contributed by atoms with E-state index in [1.54, 1.807) is 6.92 Å². The number of carbonyl (C=O) groups excluding carboxylic acids is 1. The molecule has 0 unspecified atom stereocenters. The van der Waals surface area contributed by atoms with Gasteiger partial charge in [0.15, 0.2) is 0 Å². The molecule has 1 rings (SSSR count). The summed E-state index contributed by atoms with van der Waals surface area (Å²) in [6.07, 6.45) is 2.58. The van der Waals surface area contributed by atoms with Crippen LogP contribution in [-0.2, 0) is 9.53 Å². The van der Waals surface area contributed by atoms with Crippen molar-refractivity contribution in [3.63, 3.8) is 0 Å². The smallest absolute Gasteiger partial charge is 0.303 e. The zero-order chi connectivity index (χ0) is 16.4. The summed E-state index contributed by atoms with van der Waals surface area (Å²) in [5, 5.41) is 20.5. The van der Waals surface area contributed by atoms with Gasteiger partial charge in [-0.2, -0.15) is 0 Å². The molecule has 0 spiro atoms. The molecule has 0 aromatic rings. The molecule has 1 aliphatic rings. The number of aliphatic hydroxyl groups is 2. The van der Waals surface area contributed by atoms with Gasteiger partial charge < -0.3 is 14.9 Å². The number of ether oxygens (including phenoxy) is 1. The highest BCUT2D eigenvalue weighted by molar-refractivity contribution is 5.66. The van der Waals surface area contributed by atoms with Crippen LogP contribution in [0, 0.1) is 17.3 Å². The zero-order valence-electron chi connectivity index (χ0n) is 13.6. The Labute approximate surface area is 127 Å². The maximum absolute atomic E-state index is 11.3. The number of hydrogen-bond donors (Lipinski definition) is 2. The molecule has 1 fully saturated rings. The van der Waals surface area contributed by atoms with E-state index in [-0.39, 0.29) is 23.9 Å². The van der Waals surface area contributed by atoms with Crippen molar-refractivity contribution in [3.05, 3.63) is 24.8 Å². The summed E-state index contributed by atoms with van der Waals surface area (Å²) in [7, 11) is 0. The summed E-state index contributed by atoms with van der Waals surface area (Å²) in [5.41, 5.74) is -0.451. The normalized spacial score (nSPS) is 35.6. The summed E-state index contributed by atoms with van der Waals surface area (Å²) in [4.78, 5) is 11.3. The molecule has 120 valence electrons. The van der Waals surface area contributed by atoms with Gasteiger partial charge in [-0.25, -0.2) is 0 Å². The Morgan fingerprint density at radius 3 is 2.48 bits per heavy atom. The van der Waals surface area contributed by atoms with Crippen molar-refractivity contribution in [2.45, 2.75) is 52.2 Å². The monoisotopic (exact) mass is 296 g/mol. The number of rotatable bonds is 5. The molecule has 4 heteroatoms. The van der Waals surface area contributed by atoms with Gasteiger partial charge in [-0.3, -0.25) is 4.79 Å². The predicted octanol–water partition coefficient (Wildman–Crippen LogP) is 2.46. The Kier molecular flexibility index (Phi) is 5.40. The lowest BCUT2D eigenvalue weighted by atomic mass is 9.58. The molecule has 0 aliphatic heterocycles. The largest absolute Gasteiger partial charge is 0.457 e. The van der Waals surface area contributed by atoms with E-state index < -0.39 is 17.7 Å². The topological polar surface area (TPSA) is 66.8 Å². The molecule has 1 saturated carbocycles. The van der Waals surface area contributed by atoms with Crippen LogP contribution in [0.4, 0.5) is 0 Å². The second-order valence-corrected chi connectivity index (χ2v) is 6.73. The standard InChI is InChI=1S/C17H28O4/c1-7-16(5)9-8-13(15(20)14(16)11(2)3)17(6,10-18)21-12(4)19/h7,13-15,18,20H,1-2,8-10H2,3-6H3/t13-,14-,15+,16-,17+/m1/s1. The summed E-state index contributed by atoms with van der Waals surface area (Å²) in [6.45, 7) is 14.5. The van der Waals surface area contributed by atoms with Crippen LogP contribution in [0.2, 0.25) is 0 Å². The average Bonchev–Trinajstić information content (AvgIpc) is 2.37. The van der Waals surface area contributed by atoms with E-state index in [9.17, 15) is 15.0 Å². The van der Waals surface area contributed by atoms with Gasteiger partial charge in [0.1, 0.15) is 5.60 Å². The van der Waals surface area contributed by atoms with Crippen molar-refractivity contribution in [2.24, 2.45) is 17.3 Å². The van der Waals surface area contributed by atoms with Crippen LogP contribution in [0.15, 0.2) is 24.8 Å². The molecule has 0 bridgehead atoms. The van der Waals surface area contributed by atoms with E-state index in [4.69, 9.17) is 4.74 Å². The fourth-order valence-corrected chi connectivity index (χ4v) is 3.72. The van der Waals surface area contributed by atoms with Crippen LogP contribution in [0.1, 0.15) is 40.5 Å². The molecule has 5 atom stereocenters. The van der Waals surface area contributed by atoms with Gasteiger partial charge >= 0.3 is 5.97 Å². The highest BCUT2D eigenvalue weighted by atomic mass is 16.6. The first kappa shape index (κ1) is 17.9. The molecule has 0 heterocycles. The highest BCUT2D eigenvalue weighted by Gasteiger charge is 2.51. The fourth-order valence-electron chi connectivity index (χ4n) is 3.72. The van der Waals surface area contributed by atoms with Crippen molar-refractivity contribution in [3.8, 4) is 0 Å². The quantitative estimate of drug-likeness (QED) is 0.604. The molecule has 1 aliphatic carbocycles. The number of aliphatic hydroxyl groups excluding tert-OH is 2. The minimum absolute atomic E-state index is 0.171. The molecular formula is C17H28O4. The molecule has 0 aromatic carbocycles. The SMILES string of the molecule is C=C[C@]1(C)CC[C@@H]([C@](C)(CO)OC(C)=O)[C@H](O)[C@H]1C(=C)C. The van der Waals surface area contributed by atoms with Gasteiger partial charge in [0.25, 0.3) is 0 Å². The van der Waals surface area contributed by atoms with Crippen LogP contribution in [0.5, 0.6) is 0 Å². The Bertz CT molecular complexity index is 431. The summed E-state index contributed by atoms with van der Waals surface area (Å²) >= 11 is 0. The number of esters is 1. The molecule has 0 aromatic heterocycles. The first-order chi connectivity index (χ1) is 9.61. The van der Waals surface area contributed by atoms with Crippen LogP contribution in [0.3, 0.4) is 0 Å². The van der Waals surface area contributed by atoms with Crippen LogP contribution < -0.4 is 0 Å². The Hall–Kier alpha value is -1.13. The number of hydrogen-bond acceptors (Lipinski definition) is 4. The van der Waals surface area contributed by atoms with E-state index in [0.29, 0.717) is 6.42 Å². The molecule has 2 N–H and O–H groups in total. The van der Waals surface area contributed by atoms with Crippen molar-refractivity contribution in [1.29, 1.82) is 0 Å². The number of carbonyl (C=O) groups is 1. The summed E-state index contributed by atoms with van der Waals surface area (Å²) in [5.74, 6) is -0.959. The van der Waals surface area contributed by atoms with E-state index in [0.717, 1.165) is 12.0 Å². The van der Waals surface area contributed by atoms with E-state index in [1.165, 1.54) is 6.92 Å². The molecule has 0 amide bonds. The Balaban J connectivity index is 3.15. The number of allylic oxidation sites excluding steroid dienone is 1. The minimum atomic E-state index is -1.08. The van der Waals surface area contributed by atoms with Gasteiger partial charge in [-0.1, -0.05) is 25.2 Å². The minimum Gasteiger partial charge on any atom is -0.457 e. The molecular weight excluding hydrogens is 268 g/mol. The van der Waals surface area contributed by atoms with Gasteiger partial charge in [-0.05, 0) is 32.1 Å². The zero-order valence-corrected chi connectivity index (χ0v) is 13.6. The van der Waals surface area contributed by atoms with Gasteiger partial charge in [0, 0.05) is 18.8 Å². The lowest BCUT2D eigenvalue weighted by Gasteiger charge is -2.51. The predicted molar refractivity (Wildman–Crippen MR) is 82.6 cm³/mol. The first-order valence-electron chi connectivity index (χ1n) is 7.39. The van der Waals surface area contributed by atoms with Gasteiger partial charge in [-0.15, -0.1) is 6.58 Å². The van der Waals surface area contributed by atoms with Crippen LogP contribution >= 0.6 is 0 Å². The van der Waals surface area contributed by atoms with Crippen molar-refractivity contribution < 1.29 is 19.7 Å². The maximum Gasteiger partial charge on any atom is 0.303 e. The van der Waals surface area contributed by atoms with E-state index in [1.807, 2.05) is 13.0 Å². The van der Waals surface area contributed by atoms with Crippen molar-refractivity contribution in [1.82, 2.24) is 0 Å². The van der Waals surface area contributed by atoms with Gasteiger partial charge in [0.05, 0.1) is 12.7 Å². The average molecular weight is 296 g/mol. The molecule has 0 radical (unpaired) electrons. The fraction of sp³-hybridized carbons (Fsp3) is 0.706. The van der Waals surface area contributed by atoms with Crippen LogP contribution in [0.25, 0.3) is 0 Å². The molecule has 4 nitrogen and oxygen atoms in total. The first-order valence-corrected chi connectivity index (χ1v) is 7.39. The summed E-state index contributed by atoms with van der Waals surface area (Å²) < 4.78 is 5.32. The Morgan fingerprint density at radius 1 is 1.52 bits per heavy atom. The highest BCUT2D eigenvalue weighted by Crippen LogP contribution is 2.50. The van der Waals surface area contributed by atoms with Crippen LogP contribution in [-0.4, -0.2) is 34.5 Å². The summed E-state index contributed by atoms with van der Waals surface area (Å²) in [6, 6.07) is 0. The molecule has 21 heavy (non-hydrogen) atoms. The van der Waals surface area contributed by atoms with Crippen molar-refractivity contribution >= 4 is 5.97 Å². The van der Waals surface area contributed by atoms with Gasteiger partial charge in [0.2, 0.25) is 0 Å². The third-order valence-electron chi connectivity index (χ3n) is 4.93. The van der Waals surface area contributed by atoms with E-state index in [2.05, 4.69) is 20.1 Å². The van der Waals surface area contributed by atoms with Crippen molar-refractivity contribution in [2.75, 3.05) is 6.61 Å². The molecule has 0 saturated heterocycles. The lowest BCUT2D eigenvalue weighted by Crippen LogP contribution is -2.55. The second kappa shape index (κ2) is 6.32. The Morgan fingerprint density at radius 2 is 2.10 bits per heavy atom. The third-order valence-corrected chi connectivity index (χ3v) is 4.93. The maximum atomic E-state index is 11.3. The second-order valence-electron chi connectivity index (χ2n) is 6.73. The third kappa shape index (κ3) is 3.38.